The molecule has 8 nitrogen and oxygen atoms in total. The van der Waals surface area contributed by atoms with Crippen LogP contribution in [0.2, 0.25) is 0 Å². The van der Waals surface area contributed by atoms with Gasteiger partial charge in [0.25, 0.3) is 5.91 Å². The average Bonchev–Trinajstić information content (AvgIpc) is 3.46. The molecule has 2 aromatic heterocycles. The van der Waals surface area contributed by atoms with Crippen LogP contribution in [0.3, 0.4) is 0 Å². The van der Waals surface area contributed by atoms with Gasteiger partial charge in [-0.05, 0) is 55.2 Å². The first-order valence-corrected chi connectivity index (χ1v) is 9.65. The average molecular weight is 421 g/mol. The van der Waals surface area contributed by atoms with Crippen molar-refractivity contribution in [3.8, 4) is 0 Å². The molecular weight excluding hydrogens is 401 g/mol. The summed E-state index contributed by atoms with van der Waals surface area (Å²) in [4.78, 5) is 32.2. The minimum absolute atomic E-state index is 0.0545. The van der Waals surface area contributed by atoms with Crippen LogP contribution in [0.1, 0.15) is 44.7 Å². The Morgan fingerprint density at radius 2 is 2.10 bits per heavy atom. The molecule has 158 valence electrons. The van der Waals surface area contributed by atoms with E-state index in [1.165, 1.54) is 43.0 Å². The lowest BCUT2D eigenvalue weighted by atomic mass is 9.98. The van der Waals surface area contributed by atoms with Crippen LogP contribution in [0.15, 0.2) is 47.9 Å². The van der Waals surface area contributed by atoms with Gasteiger partial charge < -0.3 is 16.2 Å². The van der Waals surface area contributed by atoms with Gasteiger partial charge in [-0.3, -0.25) is 9.20 Å². The number of carbonyl (C=O) groups is 2. The maximum atomic E-state index is 14.4. The molecule has 31 heavy (non-hydrogen) atoms. The molecule has 0 radical (unpaired) electrons. The predicted octanol–water partition coefficient (Wildman–Crippen LogP) is 3.07. The number of nitrogens with one attached hydrogen (secondary N) is 1. The second kappa shape index (κ2) is 8.02. The number of amides is 1. The van der Waals surface area contributed by atoms with Crippen LogP contribution in [0, 0.1) is 12.7 Å². The van der Waals surface area contributed by atoms with Crippen molar-refractivity contribution in [2.45, 2.75) is 25.8 Å². The summed E-state index contributed by atoms with van der Waals surface area (Å²) in [6, 6.07) is 5.90. The molecule has 0 bridgehead atoms. The van der Waals surface area contributed by atoms with Crippen molar-refractivity contribution in [2.75, 3.05) is 0 Å². The van der Waals surface area contributed by atoms with Crippen LogP contribution in [0.4, 0.5) is 10.2 Å². The highest BCUT2D eigenvalue weighted by Gasteiger charge is 2.25. The number of halogens is 1. The van der Waals surface area contributed by atoms with Gasteiger partial charge in [0.05, 0.1) is 17.3 Å². The summed E-state index contributed by atoms with van der Waals surface area (Å²) >= 11 is 0. The van der Waals surface area contributed by atoms with Crippen LogP contribution >= 0.6 is 0 Å². The van der Waals surface area contributed by atoms with Crippen molar-refractivity contribution in [1.82, 2.24) is 14.7 Å². The molecule has 1 aromatic carbocycles. The Labute approximate surface area is 176 Å². The molecule has 0 aliphatic heterocycles. The van der Waals surface area contributed by atoms with Gasteiger partial charge in [0, 0.05) is 30.2 Å². The Morgan fingerprint density at radius 1 is 1.32 bits per heavy atom. The fourth-order valence-corrected chi connectivity index (χ4v) is 3.18. The number of rotatable bonds is 6. The first kappa shape index (κ1) is 20.3. The molecule has 2 heterocycles. The second-order valence-electron chi connectivity index (χ2n) is 7.34. The number of aliphatic imine (C=N–C) groups is 1. The molecule has 1 fully saturated rings. The maximum absolute atomic E-state index is 14.4. The zero-order chi connectivity index (χ0) is 22.1. The normalized spacial score (nSPS) is 14.3. The Bertz CT molecular complexity index is 1260. The van der Waals surface area contributed by atoms with Gasteiger partial charge in [-0.1, -0.05) is 0 Å². The van der Waals surface area contributed by atoms with Crippen LogP contribution in [-0.2, 0) is 0 Å². The third-order valence-corrected chi connectivity index (χ3v) is 5.03. The van der Waals surface area contributed by atoms with E-state index >= 15 is 0 Å². The quantitative estimate of drug-likeness (QED) is 0.528. The van der Waals surface area contributed by atoms with Crippen LogP contribution < -0.4 is 11.1 Å². The molecule has 4 rings (SSSR count). The number of imidazole rings is 1. The summed E-state index contributed by atoms with van der Waals surface area (Å²) in [5.74, 6) is -1.73. The van der Waals surface area contributed by atoms with E-state index in [0.29, 0.717) is 28.2 Å². The van der Waals surface area contributed by atoms with E-state index in [1.54, 1.807) is 17.4 Å². The van der Waals surface area contributed by atoms with Crippen molar-refractivity contribution < 1.29 is 19.1 Å². The standard InChI is InChI=1S/C22H20FN5O3/c1-12-6-18(23)17(21(29)27-15-3-4-15)7-16(12)14(8-24)9-25-20-10-26-19-5-2-13(22(30)31)11-28(19)20/h2,5-11,15H,3-4,24H2,1H3,(H,27,29)(H,30,31). The molecule has 0 saturated heterocycles. The summed E-state index contributed by atoms with van der Waals surface area (Å²) < 4.78 is 15.9. The molecule has 3 aromatic rings. The molecule has 0 unspecified atom stereocenters. The van der Waals surface area contributed by atoms with Crippen LogP contribution in [-0.4, -0.2) is 38.6 Å². The first-order valence-electron chi connectivity index (χ1n) is 9.65. The largest absolute Gasteiger partial charge is 0.478 e. The van der Waals surface area contributed by atoms with E-state index in [4.69, 9.17) is 5.73 Å². The van der Waals surface area contributed by atoms with E-state index < -0.39 is 17.7 Å². The van der Waals surface area contributed by atoms with Crippen molar-refractivity contribution in [3.05, 3.63) is 70.9 Å². The smallest absolute Gasteiger partial charge is 0.337 e. The number of aromatic nitrogens is 2. The number of aromatic carboxylic acids is 1. The number of nitrogens with two attached hydrogens (primary N) is 1. The summed E-state index contributed by atoms with van der Waals surface area (Å²) in [6.45, 7) is 1.71. The number of allylic oxidation sites excluding steroid dienone is 1. The topological polar surface area (TPSA) is 122 Å². The van der Waals surface area contributed by atoms with E-state index in [0.717, 1.165) is 12.8 Å². The molecule has 1 aliphatic carbocycles. The van der Waals surface area contributed by atoms with Crippen LogP contribution in [0.25, 0.3) is 11.2 Å². The van der Waals surface area contributed by atoms with E-state index in [9.17, 15) is 19.1 Å². The van der Waals surface area contributed by atoms with E-state index in [2.05, 4.69) is 15.3 Å². The van der Waals surface area contributed by atoms with E-state index in [-0.39, 0.29) is 17.2 Å². The molecule has 9 heteroatoms. The van der Waals surface area contributed by atoms with Gasteiger partial charge in [-0.25, -0.2) is 19.2 Å². The number of hydrogen-bond donors (Lipinski definition) is 3. The summed E-state index contributed by atoms with van der Waals surface area (Å²) in [5.41, 5.74) is 8.00. The van der Waals surface area contributed by atoms with Crippen molar-refractivity contribution in [2.24, 2.45) is 10.7 Å². The lowest BCUT2D eigenvalue weighted by Gasteiger charge is -2.11. The molecule has 1 saturated carbocycles. The third-order valence-electron chi connectivity index (χ3n) is 5.03. The fourth-order valence-electron chi connectivity index (χ4n) is 3.18. The van der Waals surface area contributed by atoms with Gasteiger partial charge in [0.1, 0.15) is 11.5 Å². The van der Waals surface area contributed by atoms with Crippen LogP contribution in [0.5, 0.6) is 0 Å². The van der Waals surface area contributed by atoms with Gasteiger partial charge >= 0.3 is 5.97 Å². The van der Waals surface area contributed by atoms with Crippen molar-refractivity contribution in [1.29, 1.82) is 0 Å². The summed E-state index contributed by atoms with van der Waals surface area (Å²) in [5, 5.41) is 12.0. The number of carboxylic acids is 1. The number of benzene rings is 1. The fraction of sp³-hybridized carbons (Fsp3) is 0.182. The molecule has 1 aliphatic rings. The Hall–Kier alpha value is -4.01. The summed E-state index contributed by atoms with van der Waals surface area (Å²) in [7, 11) is 0. The predicted molar refractivity (Wildman–Crippen MR) is 114 cm³/mol. The highest BCUT2D eigenvalue weighted by Crippen LogP contribution is 2.25. The molecule has 1 amide bonds. The molecule has 0 spiro atoms. The minimum atomic E-state index is -1.06. The monoisotopic (exact) mass is 421 g/mol. The third kappa shape index (κ3) is 4.16. The highest BCUT2D eigenvalue weighted by molar-refractivity contribution is 6.11. The van der Waals surface area contributed by atoms with Crippen molar-refractivity contribution >= 4 is 35.1 Å². The number of hydrogen-bond acceptors (Lipinski definition) is 5. The Kier molecular flexibility index (Phi) is 5.24. The number of pyridine rings is 1. The first-order chi connectivity index (χ1) is 14.9. The number of fused-ring (bicyclic) bond motifs is 1. The maximum Gasteiger partial charge on any atom is 0.337 e. The molecular formula is C22H20FN5O3. The Morgan fingerprint density at radius 3 is 2.77 bits per heavy atom. The van der Waals surface area contributed by atoms with Crippen molar-refractivity contribution in [3.63, 3.8) is 0 Å². The van der Waals surface area contributed by atoms with Gasteiger partial charge in [0.2, 0.25) is 0 Å². The van der Waals surface area contributed by atoms with Gasteiger partial charge in [-0.2, -0.15) is 0 Å². The highest BCUT2D eigenvalue weighted by atomic mass is 19.1. The Balaban J connectivity index is 1.67. The number of nitrogens with zero attached hydrogens (tertiary/aromatic N) is 3. The number of aryl methyl sites for hydroxylation is 1. The molecule has 0 atom stereocenters. The SMILES string of the molecule is Cc1cc(F)c(C(=O)NC2CC2)cc1C(C=Nc1cnc2ccc(C(=O)O)cn12)=CN. The molecule has 4 N–H and O–H groups in total. The zero-order valence-corrected chi connectivity index (χ0v) is 16.7. The lowest BCUT2D eigenvalue weighted by molar-refractivity contribution is 0.0696. The second-order valence-corrected chi connectivity index (χ2v) is 7.34. The van der Waals surface area contributed by atoms with Gasteiger partial charge in [-0.15, -0.1) is 0 Å². The van der Waals surface area contributed by atoms with E-state index in [1.807, 2.05) is 0 Å². The summed E-state index contributed by atoms with van der Waals surface area (Å²) in [6.07, 6.45) is 7.51. The zero-order valence-electron chi connectivity index (χ0n) is 16.7. The lowest BCUT2D eigenvalue weighted by Crippen LogP contribution is -2.26. The van der Waals surface area contributed by atoms with Gasteiger partial charge in [0.15, 0.2) is 5.82 Å². The minimum Gasteiger partial charge on any atom is -0.478 e. The number of carboxylic acid groups (broad SMARTS) is 1. The number of carbonyl (C=O) groups excluding carboxylic acids is 1.